The maximum Gasteiger partial charge on any atom is 0.263 e. The Morgan fingerprint density at radius 2 is 1.88 bits per heavy atom. The van der Waals surface area contributed by atoms with Gasteiger partial charge in [-0.05, 0) is 36.8 Å². The van der Waals surface area contributed by atoms with Crippen molar-refractivity contribution in [2.24, 2.45) is 0 Å². The van der Waals surface area contributed by atoms with Crippen LogP contribution in [0.3, 0.4) is 0 Å². The Morgan fingerprint density at radius 1 is 1.12 bits per heavy atom. The third-order valence-corrected chi connectivity index (χ3v) is 5.17. The molecule has 0 saturated carbocycles. The molecule has 0 saturated heterocycles. The van der Waals surface area contributed by atoms with Crippen LogP contribution in [0.2, 0.25) is 0 Å². The van der Waals surface area contributed by atoms with Crippen LogP contribution in [-0.2, 0) is 6.54 Å². The number of carbonyl (C=O) groups is 1. The van der Waals surface area contributed by atoms with Gasteiger partial charge in [-0.15, -0.1) is 11.3 Å². The molecule has 0 unspecified atom stereocenters. The summed E-state index contributed by atoms with van der Waals surface area (Å²) in [6.07, 6.45) is 5.53. The van der Waals surface area contributed by atoms with Crippen molar-refractivity contribution in [2.75, 3.05) is 0 Å². The quantitative estimate of drug-likeness (QED) is 0.541. The molecule has 0 radical (unpaired) electrons. The van der Waals surface area contributed by atoms with Gasteiger partial charge in [0.05, 0.1) is 18.5 Å². The van der Waals surface area contributed by atoms with Gasteiger partial charge in [0, 0.05) is 23.3 Å². The van der Waals surface area contributed by atoms with Crippen molar-refractivity contribution in [2.45, 2.75) is 13.5 Å². The lowest BCUT2D eigenvalue weighted by Gasteiger charge is -2.10. The van der Waals surface area contributed by atoms with Crippen molar-refractivity contribution in [1.82, 2.24) is 9.88 Å². The smallest absolute Gasteiger partial charge is 0.263 e. The van der Waals surface area contributed by atoms with Gasteiger partial charge in [-0.25, -0.2) is 0 Å². The molecule has 0 fully saturated rings. The molecule has 1 aromatic carbocycles. The maximum atomic E-state index is 12.8. The molecule has 130 valence electrons. The van der Waals surface area contributed by atoms with Crippen molar-refractivity contribution in [3.63, 3.8) is 0 Å². The number of hydrogen-bond donors (Lipinski definition) is 1. The molecule has 4 rings (SSSR count). The fourth-order valence-corrected chi connectivity index (χ4v) is 3.84. The number of furan rings is 1. The summed E-state index contributed by atoms with van der Waals surface area (Å²) in [5.41, 5.74) is 4.26. The van der Waals surface area contributed by atoms with Crippen molar-refractivity contribution in [1.29, 1.82) is 0 Å². The van der Waals surface area contributed by atoms with Gasteiger partial charge < -0.3 is 14.3 Å². The van der Waals surface area contributed by atoms with Crippen molar-refractivity contribution < 1.29 is 9.21 Å². The molecule has 0 atom stereocenters. The molecule has 26 heavy (non-hydrogen) atoms. The maximum absolute atomic E-state index is 12.8. The zero-order valence-corrected chi connectivity index (χ0v) is 15.1. The zero-order valence-electron chi connectivity index (χ0n) is 14.3. The van der Waals surface area contributed by atoms with Crippen molar-refractivity contribution >= 4 is 17.2 Å². The van der Waals surface area contributed by atoms with Crippen LogP contribution in [0.25, 0.3) is 16.8 Å². The molecule has 0 bridgehead atoms. The first-order valence-corrected chi connectivity index (χ1v) is 9.23. The van der Waals surface area contributed by atoms with Crippen LogP contribution in [-0.4, -0.2) is 10.5 Å². The summed E-state index contributed by atoms with van der Waals surface area (Å²) in [7, 11) is 0. The van der Waals surface area contributed by atoms with Crippen LogP contribution in [0.4, 0.5) is 0 Å². The molecule has 0 spiro atoms. The largest absolute Gasteiger partial charge is 0.467 e. The SMILES string of the molecule is Cc1ccc(-c2csc(C(=O)NCc3ccco3)c2-n2cccc2)cc1. The fourth-order valence-electron chi connectivity index (χ4n) is 2.85. The number of carbonyl (C=O) groups excluding carboxylic acids is 1. The second kappa shape index (κ2) is 7.06. The van der Waals surface area contributed by atoms with Crippen molar-refractivity contribution in [3.05, 3.63) is 88.8 Å². The molecule has 4 aromatic rings. The molecule has 4 nitrogen and oxygen atoms in total. The van der Waals surface area contributed by atoms with E-state index in [9.17, 15) is 4.79 Å². The minimum Gasteiger partial charge on any atom is -0.467 e. The van der Waals surface area contributed by atoms with Gasteiger partial charge in [0.15, 0.2) is 0 Å². The normalized spacial score (nSPS) is 10.8. The zero-order chi connectivity index (χ0) is 17.9. The van der Waals surface area contributed by atoms with E-state index in [1.165, 1.54) is 16.9 Å². The van der Waals surface area contributed by atoms with Crippen LogP contribution in [0.15, 0.2) is 77.0 Å². The summed E-state index contributed by atoms with van der Waals surface area (Å²) >= 11 is 1.46. The number of aryl methyl sites for hydroxylation is 1. The van der Waals surface area contributed by atoms with Gasteiger partial charge in [0.1, 0.15) is 10.6 Å². The third kappa shape index (κ3) is 3.21. The average molecular weight is 362 g/mol. The van der Waals surface area contributed by atoms with E-state index < -0.39 is 0 Å². The van der Waals surface area contributed by atoms with E-state index in [4.69, 9.17) is 4.42 Å². The van der Waals surface area contributed by atoms with Gasteiger partial charge >= 0.3 is 0 Å². The highest BCUT2D eigenvalue weighted by Gasteiger charge is 2.20. The fraction of sp³-hybridized carbons (Fsp3) is 0.0952. The molecular formula is C21H18N2O2S. The highest BCUT2D eigenvalue weighted by molar-refractivity contribution is 7.13. The minimum atomic E-state index is -0.103. The van der Waals surface area contributed by atoms with Gasteiger partial charge in [-0.1, -0.05) is 29.8 Å². The summed E-state index contributed by atoms with van der Waals surface area (Å²) in [6.45, 7) is 2.44. The van der Waals surface area contributed by atoms with Gasteiger partial charge in [0.25, 0.3) is 5.91 Å². The van der Waals surface area contributed by atoms with Crippen molar-refractivity contribution in [3.8, 4) is 16.8 Å². The number of nitrogens with zero attached hydrogens (tertiary/aromatic N) is 1. The Balaban J connectivity index is 1.70. The first kappa shape index (κ1) is 16.4. The van der Waals surface area contributed by atoms with E-state index in [1.807, 2.05) is 46.6 Å². The summed E-state index contributed by atoms with van der Waals surface area (Å²) in [4.78, 5) is 13.5. The van der Waals surface area contributed by atoms with Crippen LogP contribution in [0, 0.1) is 6.92 Å². The first-order valence-electron chi connectivity index (χ1n) is 8.35. The van der Waals surface area contributed by atoms with E-state index >= 15 is 0 Å². The third-order valence-electron chi connectivity index (χ3n) is 4.20. The Hall–Kier alpha value is -3.05. The molecular weight excluding hydrogens is 344 g/mol. The van der Waals surface area contributed by atoms with Gasteiger partial charge in [-0.3, -0.25) is 4.79 Å². The van der Waals surface area contributed by atoms with E-state index in [-0.39, 0.29) is 5.91 Å². The highest BCUT2D eigenvalue weighted by Crippen LogP contribution is 2.35. The number of amides is 1. The second-order valence-corrected chi connectivity index (χ2v) is 6.93. The Bertz CT molecular complexity index is 997. The number of hydrogen-bond acceptors (Lipinski definition) is 3. The predicted molar refractivity (Wildman–Crippen MR) is 104 cm³/mol. The average Bonchev–Trinajstić information content (AvgIpc) is 3.40. The topological polar surface area (TPSA) is 47.2 Å². The molecule has 0 aliphatic carbocycles. The highest BCUT2D eigenvalue weighted by atomic mass is 32.1. The summed E-state index contributed by atoms with van der Waals surface area (Å²) in [5.74, 6) is 0.629. The molecule has 0 aliphatic heterocycles. The summed E-state index contributed by atoms with van der Waals surface area (Å²) in [6, 6.07) is 15.9. The lowest BCUT2D eigenvalue weighted by Crippen LogP contribution is -2.22. The van der Waals surface area contributed by atoms with Crippen LogP contribution >= 0.6 is 11.3 Å². The van der Waals surface area contributed by atoms with Gasteiger partial charge in [0.2, 0.25) is 0 Å². The van der Waals surface area contributed by atoms with Crippen LogP contribution < -0.4 is 5.32 Å². The Morgan fingerprint density at radius 3 is 2.58 bits per heavy atom. The molecule has 5 heteroatoms. The monoisotopic (exact) mass is 362 g/mol. The lowest BCUT2D eigenvalue weighted by atomic mass is 10.0. The molecule has 3 aromatic heterocycles. The van der Waals surface area contributed by atoms with E-state index in [0.29, 0.717) is 11.4 Å². The molecule has 1 amide bonds. The Labute approximate surface area is 155 Å². The molecule has 0 aliphatic rings. The second-order valence-electron chi connectivity index (χ2n) is 6.05. The number of benzene rings is 1. The minimum absolute atomic E-state index is 0.103. The van der Waals surface area contributed by atoms with E-state index in [2.05, 4.69) is 36.5 Å². The first-order chi connectivity index (χ1) is 12.7. The summed E-state index contributed by atoms with van der Waals surface area (Å²) < 4.78 is 7.28. The number of thiophene rings is 1. The van der Waals surface area contributed by atoms with Crippen LogP contribution in [0.5, 0.6) is 0 Å². The lowest BCUT2D eigenvalue weighted by molar-refractivity contribution is 0.0952. The van der Waals surface area contributed by atoms with Gasteiger partial charge in [-0.2, -0.15) is 0 Å². The van der Waals surface area contributed by atoms with E-state index in [1.54, 1.807) is 6.26 Å². The Kier molecular flexibility index (Phi) is 4.46. The van der Waals surface area contributed by atoms with Crippen LogP contribution in [0.1, 0.15) is 21.0 Å². The number of nitrogens with one attached hydrogen (secondary N) is 1. The predicted octanol–water partition coefficient (Wildman–Crippen LogP) is 5.04. The molecule has 3 heterocycles. The number of aromatic nitrogens is 1. The molecule has 1 N–H and O–H groups in total. The number of rotatable bonds is 5. The standard InChI is InChI=1S/C21H18N2O2S/c1-15-6-8-16(9-7-15)18-14-26-20(19(18)23-10-2-3-11-23)21(24)22-13-17-5-4-12-25-17/h2-12,14H,13H2,1H3,(H,22,24). The van der Waals surface area contributed by atoms with E-state index in [0.717, 1.165) is 22.6 Å². The summed E-state index contributed by atoms with van der Waals surface area (Å²) in [5, 5.41) is 4.99.